The number of halogens is 2. The number of aromatic nitrogens is 1. The smallest absolute Gasteiger partial charge is 0.254 e. The lowest BCUT2D eigenvalue weighted by molar-refractivity contribution is 0.0689. The predicted octanol–water partition coefficient (Wildman–Crippen LogP) is 4.42. The third kappa shape index (κ3) is 4.92. The molecule has 27 heavy (non-hydrogen) atoms. The number of hydrogen-bond acceptors (Lipinski definition) is 3. The van der Waals surface area contributed by atoms with Crippen LogP contribution in [0.2, 0.25) is 0 Å². The van der Waals surface area contributed by atoms with Gasteiger partial charge >= 0.3 is 0 Å². The zero-order valence-corrected chi connectivity index (χ0v) is 17.5. The highest BCUT2D eigenvalue weighted by Crippen LogP contribution is 2.40. The number of carbonyl (C=O) groups is 1. The largest absolute Gasteiger partial charge is 0.339 e. The summed E-state index contributed by atoms with van der Waals surface area (Å²) in [5, 5.41) is 4.22. The zero-order valence-electron chi connectivity index (χ0n) is 15.8. The van der Waals surface area contributed by atoms with Crippen molar-refractivity contribution in [2.75, 3.05) is 26.7 Å². The Kier molecular flexibility index (Phi) is 7.90. The van der Waals surface area contributed by atoms with E-state index in [1.165, 1.54) is 19.3 Å². The monoisotopic (exact) mass is 409 g/mol. The van der Waals surface area contributed by atoms with Gasteiger partial charge in [0.05, 0.1) is 11.1 Å². The summed E-state index contributed by atoms with van der Waals surface area (Å²) in [6.45, 7) is 2.82. The molecule has 4 rings (SSSR count). The van der Waals surface area contributed by atoms with E-state index in [1.54, 1.807) is 0 Å². The quantitative estimate of drug-likeness (QED) is 0.794. The third-order valence-corrected chi connectivity index (χ3v) is 5.67. The Morgan fingerprint density at radius 1 is 1.15 bits per heavy atom. The second kappa shape index (κ2) is 9.72. The lowest BCUT2D eigenvalue weighted by atomic mass is 9.93. The minimum Gasteiger partial charge on any atom is -0.339 e. The Morgan fingerprint density at radius 2 is 1.85 bits per heavy atom. The predicted molar refractivity (Wildman–Crippen MR) is 115 cm³/mol. The molecule has 2 aromatic rings. The molecule has 6 heteroatoms. The fourth-order valence-electron chi connectivity index (χ4n) is 3.90. The first kappa shape index (κ1) is 21.9. The molecule has 1 aromatic carbocycles. The standard InChI is InChI=1S/C21H27N3O.2ClH/c1-22-11-8-15-9-12-24(13-10-15)21(25)18-14-20(16-6-7-16)23-19-5-3-2-4-17(18)19;;/h2-5,14-16,22H,6-13H2,1H3;2*1H. The lowest BCUT2D eigenvalue weighted by Crippen LogP contribution is -2.39. The number of para-hydroxylation sites is 1. The minimum absolute atomic E-state index is 0. The number of benzene rings is 1. The zero-order chi connectivity index (χ0) is 17.2. The summed E-state index contributed by atoms with van der Waals surface area (Å²) < 4.78 is 0. The van der Waals surface area contributed by atoms with E-state index in [2.05, 4.69) is 11.4 Å². The second-order valence-corrected chi connectivity index (χ2v) is 7.51. The van der Waals surface area contributed by atoms with Crippen molar-refractivity contribution in [3.8, 4) is 0 Å². The maximum Gasteiger partial charge on any atom is 0.254 e. The number of likely N-dealkylation sites (tertiary alicyclic amines) is 1. The van der Waals surface area contributed by atoms with Gasteiger partial charge in [0.1, 0.15) is 0 Å². The van der Waals surface area contributed by atoms with Crippen LogP contribution in [0.4, 0.5) is 0 Å². The van der Waals surface area contributed by atoms with E-state index in [9.17, 15) is 4.79 Å². The molecule has 2 aliphatic rings. The van der Waals surface area contributed by atoms with Crippen molar-refractivity contribution in [1.29, 1.82) is 0 Å². The molecule has 1 saturated carbocycles. The fraction of sp³-hybridized carbons (Fsp3) is 0.524. The molecule has 1 aliphatic heterocycles. The summed E-state index contributed by atoms with van der Waals surface area (Å²) in [5.41, 5.74) is 2.91. The van der Waals surface area contributed by atoms with Crippen molar-refractivity contribution in [3.05, 3.63) is 41.6 Å². The van der Waals surface area contributed by atoms with E-state index in [0.29, 0.717) is 5.92 Å². The molecule has 0 atom stereocenters. The Balaban J connectivity index is 0.00000131. The number of carbonyl (C=O) groups excluding carboxylic acids is 1. The van der Waals surface area contributed by atoms with Crippen LogP contribution in [-0.2, 0) is 0 Å². The van der Waals surface area contributed by atoms with E-state index in [0.717, 1.165) is 60.6 Å². The molecule has 1 saturated heterocycles. The third-order valence-electron chi connectivity index (χ3n) is 5.67. The highest BCUT2D eigenvalue weighted by atomic mass is 35.5. The van der Waals surface area contributed by atoms with Crippen molar-refractivity contribution in [2.24, 2.45) is 5.92 Å². The first-order chi connectivity index (χ1) is 12.3. The van der Waals surface area contributed by atoms with Gasteiger partial charge in [0, 0.05) is 30.1 Å². The van der Waals surface area contributed by atoms with Crippen LogP contribution in [0.15, 0.2) is 30.3 Å². The molecule has 1 aliphatic carbocycles. The maximum absolute atomic E-state index is 13.2. The van der Waals surface area contributed by atoms with Crippen LogP contribution >= 0.6 is 24.8 Å². The van der Waals surface area contributed by atoms with Crippen LogP contribution < -0.4 is 5.32 Å². The van der Waals surface area contributed by atoms with Gasteiger partial charge < -0.3 is 10.2 Å². The Hall–Kier alpha value is -1.36. The molecular formula is C21H29Cl2N3O. The Labute approximate surface area is 173 Å². The number of rotatable bonds is 5. The first-order valence-corrected chi connectivity index (χ1v) is 9.60. The Bertz CT molecular complexity index is 771. The average molecular weight is 410 g/mol. The first-order valence-electron chi connectivity index (χ1n) is 9.60. The van der Waals surface area contributed by atoms with Gasteiger partial charge in [-0.1, -0.05) is 18.2 Å². The fourth-order valence-corrected chi connectivity index (χ4v) is 3.90. The highest BCUT2D eigenvalue weighted by molar-refractivity contribution is 6.06. The van der Waals surface area contributed by atoms with Crippen LogP contribution in [0.3, 0.4) is 0 Å². The van der Waals surface area contributed by atoms with Crippen molar-refractivity contribution >= 4 is 41.6 Å². The molecule has 0 radical (unpaired) electrons. The molecule has 148 valence electrons. The van der Waals surface area contributed by atoms with E-state index < -0.39 is 0 Å². The summed E-state index contributed by atoms with van der Waals surface area (Å²) in [4.78, 5) is 20.1. The van der Waals surface area contributed by atoms with Gasteiger partial charge in [-0.15, -0.1) is 24.8 Å². The Morgan fingerprint density at radius 3 is 2.52 bits per heavy atom. The van der Waals surface area contributed by atoms with Crippen LogP contribution in [-0.4, -0.2) is 42.5 Å². The molecule has 1 amide bonds. The van der Waals surface area contributed by atoms with Crippen LogP contribution in [0.1, 0.15) is 54.1 Å². The molecule has 4 nitrogen and oxygen atoms in total. The lowest BCUT2D eigenvalue weighted by Gasteiger charge is -2.32. The normalized spacial score (nSPS) is 17.3. The number of fused-ring (bicyclic) bond motifs is 1. The molecule has 1 aromatic heterocycles. The minimum atomic E-state index is 0. The van der Waals surface area contributed by atoms with Crippen LogP contribution in [0.25, 0.3) is 10.9 Å². The summed E-state index contributed by atoms with van der Waals surface area (Å²) in [5.74, 6) is 1.49. The number of amides is 1. The summed E-state index contributed by atoms with van der Waals surface area (Å²) in [6, 6.07) is 10.1. The van der Waals surface area contributed by atoms with Crippen LogP contribution in [0, 0.1) is 5.92 Å². The topological polar surface area (TPSA) is 45.2 Å². The van der Waals surface area contributed by atoms with E-state index >= 15 is 0 Å². The molecule has 0 unspecified atom stereocenters. The van der Waals surface area contributed by atoms with Crippen molar-refractivity contribution in [1.82, 2.24) is 15.2 Å². The van der Waals surface area contributed by atoms with E-state index in [1.807, 2.05) is 36.2 Å². The van der Waals surface area contributed by atoms with Crippen molar-refractivity contribution < 1.29 is 4.79 Å². The van der Waals surface area contributed by atoms with Gasteiger partial charge in [-0.25, -0.2) is 0 Å². The second-order valence-electron chi connectivity index (χ2n) is 7.51. The van der Waals surface area contributed by atoms with Gasteiger partial charge in [-0.2, -0.15) is 0 Å². The number of hydrogen-bond donors (Lipinski definition) is 1. The average Bonchev–Trinajstić information content (AvgIpc) is 3.50. The maximum atomic E-state index is 13.2. The van der Waals surface area contributed by atoms with Crippen molar-refractivity contribution in [2.45, 2.75) is 38.0 Å². The summed E-state index contributed by atoms with van der Waals surface area (Å²) in [7, 11) is 2.00. The number of piperidine rings is 1. The van der Waals surface area contributed by atoms with Gasteiger partial charge in [0.15, 0.2) is 0 Å². The van der Waals surface area contributed by atoms with Gasteiger partial charge in [-0.3, -0.25) is 9.78 Å². The van der Waals surface area contributed by atoms with E-state index in [4.69, 9.17) is 4.98 Å². The van der Waals surface area contributed by atoms with E-state index in [-0.39, 0.29) is 30.7 Å². The number of pyridine rings is 1. The molecule has 2 heterocycles. The molecule has 2 fully saturated rings. The number of nitrogens with zero attached hydrogens (tertiary/aromatic N) is 2. The molecule has 1 N–H and O–H groups in total. The van der Waals surface area contributed by atoms with Gasteiger partial charge in [-0.05, 0) is 63.7 Å². The van der Waals surface area contributed by atoms with Crippen molar-refractivity contribution in [3.63, 3.8) is 0 Å². The summed E-state index contributed by atoms with van der Waals surface area (Å²) in [6.07, 6.45) is 5.85. The summed E-state index contributed by atoms with van der Waals surface area (Å²) >= 11 is 0. The molecular weight excluding hydrogens is 381 g/mol. The van der Waals surface area contributed by atoms with Crippen LogP contribution in [0.5, 0.6) is 0 Å². The molecule has 0 bridgehead atoms. The SMILES string of the molecule is CNCCC1CCN(C(=O)c2cc(C3CC3)nc3ccccc23)CC1.Cl.Cl. The van der Waals surface area contributed by atoms with Gasteiger partial charge in [0.2, 0.25) is 0 Å². The highest BCUT2D eigenvalue weighted by Gasteiger charge is 2.29. The molecule has 0 spiro atoms. The van der Waals surface area contributed by atoms with Gasteiger partial charge in [0.25, 0.3) is 5.91 Å². The number of nitrogens with one attached hydrogen (secondary N) is 1.